The maximum Gasteiger partial charge on any atom is 0.472 e. The molecule has 0 aromatic rings. The average molecular weight is 1350 g/mol. The molecule has 0 aliphatic heterocycles. The fraction of sp³-hybridized carbons (Fsp3) is 0.945. The first-order valence-electron chi connectivity index (χ1n) is 38.0. The number of hydrogen-bond acceptors (Lipinski definition) is 15. The molecule has 0 spiro atoms. The van der Waals surface area contributed by atoms with Crippen LogP contribution in [0, 0.1) is 11.8 Å². The van der Waals surface area contributed by atoms with Gasteiger partial charge < -0.3 is 33.8 Å². The van der Waals surface area contributed by atoms with E-state index in [-0.39, 0.29) is 25.7 Å². The van der Waals surface area contributed by atoms with Crippen molar-refractivity contribution in [1.82, 2.24) is 0 Å². The first kappa shape index (κ1) is 90.1. The second-order valence-electron chi connectivity index (χ2n) is 27.1. The summed E-state index contributed by atoms with van der Waals surface area (Å²) in [4.78, 5) is 72.4. The molecule has 0 aliphatic carbocycles. The predicted molar refractivity (Wildman–Crippen MR) is 372 cm³/mol. The minimum absolute atomic E-state index is 0.105. The number of phosphoric ester groups is 2. The van der Waals surface area contributed by atoms with Gasteiger partial charge in [0.2, 0.25) is 0 Å². The Labute approximate surface area is 562 Å². The molecular formula is C73H142O17P2. The van der Waals surface area contributed by atoms with E-state index in [1.54, 1.807) is 0 Å². The highest BCUT2D eigenvalue weighted by Gasteiger charge is 2.30. The molecule has 0 rings (SSSR count). The maximum atomic E-state index is 13.1. The molecule has 0 heterocycles. The number of aliphatic hydroxyl groups is 1. The number of carbonyl (C=O) groups excluding carboxylic acids is 4. The smallest absolute Gasteiger partial charge is 0.462 e. The lowest BCUT2D eigenvalue weighted by atomic mass is 9.99. The second kappa shape index (κ2) is 65.0. The minimum Gasteiger partial charge on any atom is -0.462 e. The molecule has 92 heavy (non-hydrogen) atoms. The van der Waals surface area contributed by atoms with E-state index in [0.717, 1.165) is 115 Å². The average Bonchev–Trinajstić information content (AvgIpc) is 2.24. The Morgan fingerprint density at radius 3 is 0.826 bits per heavy atom. The first-order valence-corrected chi connectivity index (χ1v) is 41.0. The van der Waals surface area contributed by atoms with Crippen LogP contribution in [0.1, 0.15) is 375 Å². The van der Waals surface area contributed by atoms with Crippen molar-refractivity contribution in [2.45, 2.75) is 394 Å². The molecule has 0 aromatic heterocycles. The second-order valence-corrected chi connectivity index (χ2v) is 30.0. The van der Waals surface area contributed by atoms with Crippen LogP contribution in [0.25, 0.3) is 0 Å². The van der Waals surface area contributed by atoms with E-state index in [9.17, 15) is 43.2 Å². The van der Waals surface area contributed by atoms with Gasteiger partial charge in [-0.2, -0.15) is 0 Å². The predicted octanol–water partition coefficient (Wildman–Crippen LogP) is 21.2. The number of ether oxygens (including phenoxy) is 4. The van der Waals surface area contributed by atoms with Gasteiger partial charge in [0.25, 0.3) is 0 Å². The van der Waals surface area contributed by atoms with Crippen molar-refractivity contribution in [3.05, 3.63) is 0 Å². The number of rotatable bonds is 72. The lowest BCUT2D eigenvalue weighted by molar-refractivity contribution is -0.161. The maximum absolute atomic E-state index is 13.1. The van der Waals surface area contributed by atoms with Crippen molar-refractivity contribution in [3.63, 3.8) is 0 Å². The summed E-state index contributed by atoms with van der Waals surface area (Å²) in [6.45, 7) is 9.58. The highest BCUT2D eigenvalue weighted by Crippen LogP contribution is 2.45. The van der Waals surface area contributed by atoms with Gasteiger partial charge in [-0.1, -0.05) is 324 Å². The fourth-order valence-corrected chi connectivity index (χ4v) is 12.7. The van der Waals surface area contributed by atoms with E-state index < -0.39 is 97.5 Å². The quantitative estimate of drug-likeness (QED) is 0.0222. The summed E-state index contributed by atoms with van der Waals surface area (Å²) in [5.41, 5.74) is 0. The van der Waals surface area contributed by atoms with E-state index in [1.807, 2.05) is 0 Å². The van der Waals surface area contributed by atoms with E-state index in [4.69, 9.17) is 37.0 Å². The third-order valence-corrected chi connectivity index (χ3v) is 19.2. The van der Waals surface area contributed by atoms with Crippen LogP contribution in [-0.2, 0) is 65.4 Å². The Bertz CT molecular complexity index is 1790. The van der Waals surface area contributed by atoms with Crippen molar-refractivity contribution >= 4 is 39.5 Å². The van der Waals surface area contributed by atoms with Gasteiger partial charge in [0.05, 0.1) is 26.4 Å². The Kier molecular flexibility index (Phi) is 63.7. The molecule has 0 saturated heterocycles. The summed E-state index contributed by atoms with van der Waals surface area (Å²) in [5.74, 6) is -0.485. The summed E-state index contributed by atoms with van der Waals surface area (Å²) >= 11 is 0. The van der Waals surface area contributed by atoms with Crippen LogP contribution in [0.2, 0.25) is 0 Å². The standard InChI is InChI=1S/C73H142O17P2/c1-7-10-12-14-16-30-39-45-51-57-72(77)89-68(61-83-70(75)55-49-43-35-15-13-11-8-2)63-87-91(79,80)85-59-67(74)60-86-92(81,82)88-64-69(62-84-71(76)56-50-44-38-33-29-25-26-31-36-41-47-53-65(4)5)90-73(78)58-52-46-40-34-28-24-22-20-18-17-19-21-23-27-32-37-42-48-54-66(6)9-3/h65-69,74H,7-64H2,1-6H3,(H,79,80)(H,81,82)/t66?,67-,68+,69+/m0/s1. The lowest BCUT2D eigenvalue weighted by Gasteiger charge is -2.21. The van der Waals surface area contributed by atoms with Crippen molar-refractivity contribution < 1.29 is 80.2 Å². The summed E-state index contributed by atoms with van der Waals surface area (Å²) in [7, 11) is -9.89. The van der Waals surface area contributed by atoms with E-state index in [1.165, 1.54) is 180 Å². The summed E-state index contributed by atoms with van der Waals surface area (Å²) in [5, 5.41) is 10.6. The van der Waals surface area contributed by atoms with Gasteiger partial charge >= 0.3 is 39.5 Å². The SMILES string of the molecule is CCCCCCCCCCCC(=O)O[C@H](COC(=O)CCCCCCCCC)COP(=O)(O)OC[C@H](O)COP(=O)(O)OC[C@@H](COC(=O)CCCCCCCCCCCCCC(C)C)OC(=O)CCCCCCCCCCCCCCCCCCCCC(C)CC. The highest BCUT2D eigenvalue weighted by molar-refractivity contribution is 7.47. The summed E-state index contributed by atoms with van der Waals surface area (Å²) in [6, 6.07) is 0. The Hall–Kier alpha value is -1.94. The molecular weight excluding hydrogens is 1210 g/mol. The van der Waals surface area contributed by atoms with Crippen molar-refractivity contribution in [1.29, 1.82) is 0 Å². The molecule has 3 N–H and O–H groups in total. The van der Waals surface area contributed by atoms with Crippen LogP contribution in [0.3, 0.4) is 0 Å². The van der Waals surface area contributed by atoms with Gasteiger partial charge in [-0.15, -0.1) is 0 Å². The number of unbranched alkanes of at least 4 members (excludes halogenated alkanes) is 41. The Balaban J connectivity index is 5.13. The number of hydrogen-bond donors (Lipinski definition) is 3. The van der Waals surface area contributed by atoms with Crippen LogP contribution >= 0.6 is 15.6 Å². The number of aliphatic hydroxyl groups excluding tert-OH is 1. The number of phosphoric acid groups is 2. The number of esters is 4. The Morgan fingerprint density at radius 1 is 0.315 bits per heavy atom. The van der Waals surface area contributed by atoms with Crippen molar-refractivity contribution in [3.8, 4) is 0 Å². The van der Waals surface area contributed by atoms with Crippen molar-refractivity contribution in [2.75, 3.05) is 39.6 Å². The molecule has 0 fully saturated rings. The topological polar surface area (TPSA) is 237 Å². The third kappa shape index (κ3) is 65.4. The largest absolute Gasteiger partial charge is 0.472 e. The van der Waals surface area contributed by atoms with Gasteiger partial charge in [0, 0.05) is 25.7 Å². The summed E-state index contributed by atoms with van der Waals surface area (Å²) < 4.78 is 68.2. The molecule has 546 valence electrons. The van der Waals surface area contributed by atoms with Gasteiger partial charge in [0.15, 0.2) is 12.2 Å². The normalized spacial score (nSPS) is 14.4. The molecule has 19 heteroatoms. The van der Waals surface area contributed by atoms with Gasteiger partial charge in [0.1, 0.15) is 19.3 Å². The van der Waals surface area contributed by atoms with Crippen LogP contribution in [0.4, 0.5) is 0 Å². The molecule has 6 atom stereocenters. The zero-order valence-electron chi connectivity index (χ0n) is 59.9. The molecule has 0 aliphatic rings. The monoisotopic (exact) mass is 1350 g/mol. The van der Waals surface area contributed by atoms with Gasteiger partial charge in [-0.25, -0.2) is 9.13 Å². The highest BCUT2D eigenvalue weighted by atomic mass is 31.2. The van der Waals surface area contributed by atoms with Crippen molar-refractivity contribution in [2.24, 2.45) is 11.8 Å². The molecule has 0 aromatic carbocycles. The molecule has 0 amide bonds. The lowest BCUT2D eigenvalue weighted by Crippen LogP contribution is -2.30. The molecule has 3 unspecified atom stereocenters. The molecule has 0 bridgehead atoms. The van der Waals surface area contributed by atoms with E-state index in [0.29, 0.717) is 25.7 Å². The zero-order chi connectivity index (χ0) is 67.9. The fourth-order valence-electron chi connectivity index (χ4n) is 11.1. The third-order valence-electron chi connectivity index (χ3n) is 17.3. The molecule has 0 radical (unpaired) electrons. The summed E-state index contributed by atoms with van der Waals surface area (Å²) in [6.07, 6.45) is 51.6. The van der Waals surface area contributed by atoms with Crippen LogP contribution in [-0.4, -0.2) is 96.7 Å². The zero-order valence-corrected chi connectivity index (χ0v) is 61.6. The number of carbonyl (C=O) groups is 4. The molecule has 0 saturated carbocycles. The Morgan fingerprint density at radius 2 is 0.554 bits per heavy atom. The first-order chi connectivity index (χ1) is 44.4. The minimum atomic E-state index is -4.95. The van der Waals surface area contributed by atoms with Gasteiger partial charge in [-0.3, -0.25) is 37.3 Å². The van der Waals surface area contributed by atoms with Crippen LogP contribution in [0.5, 0.6) is 0 Å². The van der Waals surface area contributed by atoms with Crippen LogP contribution < -0.4 is 0 Å². The van der Waals surface area contributed by atoms with E-state index >= 15 is 0 Å². The van der Waals surface area contributed by atoms with Gasteiger partial charge in [-0.05, 0) is 37.5 Å². The van der Waals surface area contributed by atoms with Crippen LogP contribution in [0.15, 0.2) is 0 Å². The molecule has 17 nitrogen and oxygen atoms in total. The van der Waals surface area contributed by atoms with E-state index in [2.05, 4.69) is 41.5 Å².